The van der Waals surface area contributed by atoms with Gasteiger partial charge in [0.1, 0.15) is 6.10 Å². The van der Waals surface area contributed by atoms with Gasteiger partial charge in [-0.15, -0.1) is 0 Å². The molecule has 8 heteroatoms. The highest BCUT2D eigenvalue weighted by molar-refractivity contribution is 8.13. The molecule has 0 aliphatic carbocycles. The van der Waals surface area contributed by atoms with E-state index < -0.39 is 0 Å². The van der Waals surface area contributed by atoms with Gasteiger partial charge in [-0.25, -0.2) is 0 Å². The van der Waals surface area contributed by atoms with E-state index in [1.165, 1.54) is 140 Å². The molecule has 0 aromatic carbocycles. The van der Waals surface area contributed by atoms with Gasteiger partial charge in [0.05, 0.1) is 6.61 Å². The average Bonchev–Trinajstić information content (AvgIpc) is 3.23. The molecule has 0 rings (SSSR count). The maximum Gasteiger partial charge on any atom is 0.306 e. The molecule has 61 heavy (non-hydrogen) atoms. The third-order valence-corrected chi connectivity index (χ3v) is 13.2. The van der Waals surface area contributed by atoms with Gasteiger partial charge in [0.15, 0.2) is 0 Å². The van der Waals surface area contributed by atoms with Crippen molar-refractivity contribution in [3.05, 3.63) is 0 Å². The third kappa shape index (κ3) is 42.4. The highest BCUT2D eigenvalue weighted by atomic mass is 32.2. The lowest BCUT2D eigenvalue weighted by atomic mass is 9.88. The van der Waals surface area contributed by atoms with Crippen LogP contribution in [0.15, 0.2) is 0 Å². The quantitative estimate of drug-likeness (QED) is 0.0445. The molecule has 0 heterocycles. The molecule has 1 amide bonds. The second-order valence-corrected chi connectivity index (χ2v) is 20.6. The van der Waals surface area contributed by atoms with E-state index in [9.17, 15) is 14.4 Å². The Morgan fingerprint density at radius 2 is 0.902 bits per heavy atom. The van der Waals surface area contributed by atoms with Crippen LogP contribution in [0, 0.1) is 5.41 Å². The lowest BCUT2D eigenvalue weighted by molar-refractivity contribution is -0.150. The number of thioether (sulfide) groups is 1. The molecule has 0 saturated carbocycles. The van der Waals surface area contributed by atoms with E-state index in [1.54, 1.807) is 0 Å². The van der Waals surface area contributed by atoms with Crippen LogP contribution >= 0.6 is 11.8 Å². The summed E-state index contributed by atoms with van der Waals surface area (Å²) in [6, 6.07) is 0. The second-order valence-electron chi connectivity index (χ2n) is 19.6. The highest BCUT2D eigenvalue weighted by Crippen LogP contribution is 2.25. The van der Waals surface area contributed by atoms with Gasteiger partial charge in [-0.2, -0.15) is 0 Å². The fourth-order valence-corrected chi connectivity index (χ4v) is 8.91. The fourth-order valence-electron chi connectivity index (χ4n) is 8.10. The van der Waals surface area contributed by atoms with Crippen LogP contribution in [0.25, 0.3) is 0 Å². The van der Waals surface area contributed by atoms with E-state index in [-0.39, 0.29) is 28.7 Å². The minimum atomic E-state index is -0.0503. The summed E-state index contributed by atoms with van der Waals surface area (Å²) in [6.07, 6.45) is 41.4. The Labute approximate surface area is 384 Å². The molecule has 0 spiro atoms. The molecule has 0 N–H and O–H groups in total. The van der Waals surface area contributed by atoms with Crippen molar-refractivity contribution < 1.29 is 23.9 Å². The molecule has 0 atom stereocenters. The molecule has 0 unspecified atom stereocenters. The smallest absolute Gasteiger partial charge is 0.306 e. The van der Waals surface area contributed by atoms with Crippen LogP contribution < -0.4 is 0 Å². The lowest BCUT2D eigenvalue weighted by Crippen LogP contribution is -2.30. The van der Waals surface area contributed by atoms with Crippen molar-refractivity contribution >= 4 is 28.9 Å². The molecule has 0 bridgehead atoms. The zero-order valence-electron chi connectivity index (χ0n) is 41.9. The topological polar surface area (TPSA) is 76.1 Å². The summed E-state index contributed by atoms with van der Waals surface area (Å²) in [4.78, 5) is 42.9. The minimum absolute atomic E-state index is 0.00237. The zero-order chi connectivity index (χ0) is 45.1. The average molecular weight is 881 g/mol. The summed E-state index contributed by atoms with van der Waals surface area (Å²) < 4.78 is 11.8. The van der Waals surface area contributed by atoms with E-state index in [2.05, 4.69) is 58.5 Å². The van der Waals surface area contributed by atoms with Gasteiger partial charge in [-0.3, -0.25) is 14.4 Å². The predicted molar refractivity (Wildman–Crippen MR) is 266 cm³/mol. The Balaban J connectivity index is 4.58. The standard InChI is InChI=1S/C53H104N2O5S/c1-8-11-14-17-20-23-27-33-41-50(56)59-48-53(4,5)43-35-30-37-46-55(52(58)61-47-38-44-54(6)7)45-36-29-24-28-34-42-51(57)60-49(39-31-25-21-18-15-12-9-2)40-32-26-22-19-16-13-10-3/h49H,8-48H2,1-7H3. The van der Waals surface area contributed by atoms with Crippen LogP contribution in [-0.2, 0) is 19.1 Å². The largest absolute Gasteiger partial charge is 0.465 e. The van der Waals surface area contributed by atoms with Gasteiger partial charge >= 0.3 is 11.9 Å². The number of amides is 1. The van der Waals surface area contributed by atoms with E-state index in [0.29, 0.717) is 19.4 Å². The number of hydrogen-bond donors (Lipinski definition) is 0. The predicted octanol–water partition coefficient (Wildman–Crippen LogP) is 16.3. The first-order valence-electron chi connectivity index (χ1n) is 26.5. The van der Waals surface area contributed by atoms with E-state index in [1.807, 2.05) is 0 Å². The Hall–Kier alpha value is -1.28. The molecule has 0 aromatic heterocycles. The number of nitrogens with zero attached hydrogens (tertiary/aromatic N) is 2. The number of rotatable bonds is 46. The van der Waals surface area contributed by atoms with Crippen LogP contribution in [0.3, 0.4) is 0 Å². The SMILES string of the molecule is CCCCCCCCCCC(=O)OCC(C)(C)CCCCCN(CCCCCCCC(=O)OC(CCCCCCCCC)CCCCCCCCC)C(=O)SCCCN(C)C. The van der Waals surface area contributed by atoms with E-state index in [0.717, 1.165) is 115 Å². The molecule has 7 nitrogen and oxygen atoms in total. The Kier molecular flexibility index (Phi) is 43.0. The molecule has 362 valence electrons. The molecule has 0 saturated heterocycles. The van der Waals surface area contributed by atoms with Crippen molar-refractivity contribution in [1.29, 1.82) is 0 Å². The first-order valence-corrected chi connectivity index (χ1v) is 27.4. The summed E-state index contributed by atoms with van der Waals surface area (Å²) in [6.45, 7) is 14.3. The van der Waals surface area contributed by atoms with Crippen LogP contribution in [0.2, 0.25) is 0 Å². The maximum atomic E-state index is 13.3. The molecular weight excluding hydrogens is 777 g/mol. The first-order chi connectivity index (χ1) is 29.5. The number of ether oxygens (including phenoxy) is 2. The summed E-state index contributed by atoms with van der Waals surface area (Å²) >= 11 is 1.48. The van der Waals surface area contributed by atoms with Crippen molar-refractivity contribution in [3.63, 3.8) is 0 Å². The van der Waals surface area contributed by atoms with Crippen molar-refractivity contribution in [2.24, 2.45) is 5.41 Å². The lowest BCUT2D eigenvalue weighted by Gasteiger charge is -2.25. The minimum Gasteiger partial charge on any atom is -0.465 e. The Bertz CT molecular complexity index is 974. The van der Waals surface area contributed by atoms with Gasteiger partial charge in [0.2, 0.25) is 0 Å². The zero-order valence-corrected chi connectivity index (χ0v) is 42.7. The second kappa shape index (κ2) is 43.9. The first kappa shape index (κ1) is 59.7. The molecule has 0 aliphatic heterocycles. The van der Waals surface area contributed by atoms with Crippen molar-refractivity contribution in [2.75, 3.05) is 46.1 Å². The number of unbranched alkanes of at least 4 members (excludes halogenated alkanes) is 25. The van der Waals surface area contributed by atoms with Crippen molar-refractivity contribution in [3.8, 4) is 0 Å². The number of carbonyl (C=O) groups excluding carboxylic acids is 3. The van der Waals surface area contributed by atoms with Gasteiger partial charge in [0, 0.05) is 31.7 Å². The van der Waals surface area contributed by atoms with Crippen LogP contribution in [0.4, 0.5) is 4.79 Å². The number of carbonyl (C=O) groups is 3. The summed E-state index contributed by atoms with van der Waals surface area (Å²) in [5.41, 5.74) is -0.0361. The number of esters is 2. The fraction of sp³-hybridized carbons (Fsp3) is 0.943. The monoisotopic (exact) mass is 881 g/mol. The molecule has 0 aromatic rings. The van der Waals surface area contributed by atoms with Crippen LogP contribution in [0.1, 0.15) is 266 Å². The molecular formula is C53H104N2O5S. The summed E-state index contributed by atoms with van der Waals surface area (Å²) in [5, 5.41) is 0.216. The molecule has 0 aliphatic rings. The number of hydrogen-bond acceptors (Lipinski definition) is 7. The van der Waals surface area contributed by atoms with Crippen molar-refractivity contribution in [2.45, 2.75) is 272 Å². The van der Waals surface area contributed by atoms with Crippen LogP contribution in [-0.4, -0.2) is 79.2 Å². The maximum absolute atomic E-state index is 13.3. The normalized spacial score (nSPS) is 11.8. The Morgan fingerprint density at radius 3 is 1.38 bits per heavy atom. The van der Waals surface area contributed by atoms with Gasteiger partial charge < -0.3 is 19.3 Å². The van der Waals surface area contributed by atoms with Gasteiger partial charge in [-0.05, 0) is 90.3 Å². The summed E-state index contributed by atoms with van der Waals surface area (Å²) in [7, 11) is 4.16. The molecule has 0 radical (unpaired) electrons. The van der Waals surface area contributed by atoms with Crippen LogP contribution in [0.5, 0.6) is 0 Å². The molecule has 0 fully saturated rings. The summed E-state index contributed by atoms with van der Waals surface area (Å²) in [5.74, 6) is 0.803. The van der Waals surface area contributed by atoms with Gasteiger partial charge in [0.25, 0.3) is 5.24 Å². The third-order valence-electron chi connectivity index (χ3n) is 12.2. The Morgan fingerprint density at radius 1 is 0.492 bits per heavy atom. The van der Waals surface area contributed by atoms with E-state index >= 15 is 0 Å². The van der Waals surface area contributed by atoms with E-state index in [4.69, 9.17) is 9.47 Å². The highest BCUT2D eigenvalue weighted by Gasteiger charge is 2.21. The van der Waals surface area contributed by atoms with Gasteiger partial charge in [-0.1, -0.05) is 200 Å². The van der Waals surface area contributed by atoms with Crippen molar-refractivity contribution in [1.82, 2.24) is 9.80 Å².